The van der Waals surface area contributed by atoms with Gasteiger partial charge in [0.2, 0.25) is 0 Å². The van der Waals surface area contributed by atoms with Gasteiger partial charge in [0.25, 0.3) is 0 Å². The Labute approximate surface area is 61.0 Å². The molecule has 0 amide bonds. The van der Waals surface area contributed by atoms with E-state index in [9.17, 15) is 0 Å². The highest BCUT2D eigenvalue weighted by molar-refractivity contribution is 5.24. The van der Waals surface area contributed by atoms with Crippen LogP contribution in [0.2, 0.25) is 0 Å². The van der Waals surface area contributed by atoms with Gasteiger partial charge in [0.15, 0.2) is 0 Å². The van der Waals surface area contributed by atoms with Crippen molar-refractivity contribution in [1.82, 2.24) is 10.6 Å². The maximum atomic E-state index is 4.32. The highest BCUT2D eigenvalue weighted by atomic mass is 15.0. The lowest BCUT2D eigenvalue weighted by atomic mass is 9.98. The highest BCUT2D eigenvalue weighted by Crippen LogP contribution is 2.14. The van der Waals surface area contributed by atoms with E-state index < -0.39 is 0 Å². The first kappa shape index (κ1) is 5.98. The van der Waals surface area contributed by atoms with Crippen molar-refractivity contribution in [3.8, 4) is 0 Å². The molecule has 0 saturated carbocycles. The van der Waals surface area contributed by atoms with Crippen molar-refractivity contribution in [1.29, 1.82) is 0 Å². The van der Waals surface area contributed by atoms with Gasteiger partial charge in [-0.15, -0.1) is 0 Å². The summed E-state index contributed by atoms with van der Waals surface area (Å²) in [6, 6.07) is 0.513. The van der Waals surface area contributed by atoms with Crippen LogP contribution >= 0.6 is 0 Å². The SMILES string of the molecule is C1=CNC2C[N]CCC2=C1. The van der Waals surface area contributed by atoms with Crippen molar-refractivity contribution in [2.24, 2.45) is 0 Å². The minimum absolute atomic E-state index is 0.513. The predicted molar refractivity (Wildman–Crippen MR) is 40.6 cm³/mol. The largest absolute Gasteiger partial charge is 0.383 e. The minimum atomic E-state index is 0.513. The fourth-order valence-electron chi connectivity index (χ4n) is 1.42. The van der Waals surface area contributed by atoms with Gasteiger partial charge in [0, 0.05) is 13.1 Å². The molecule has 10 heavy (non-hydrogen) atoms. The van der Waals surface area contributed by atoms with Gasteiger partial charge in [-0.3, -0.25) is 0 Å². The summed E-state index contributed by atoms with van der Waals surface area (Å²) in [6.07, 6.45) is 7.41. The van der Waals surface area contributed by atoms with Crippen LogP contribution in [0.5, 0.6) is 0 Å². The third-order valence-electron chi connectivity index (χ3n) is 2.02. The summed E-state index contributed by atoms with van der Waals surface area (Å²) in [5, 5.41) is 7.60. The number of hydrogen-bond acceptors (Lipinski definition) is 1. The average Bonchev–Trinajstić information content (AvgIpc) is 2.05. The number of nitrogens with one attached hydrogen (secondary N) is 1. The molecule has 2 aliphatic heterocycles. The summed E-state index contributed by atoms with van der Waals surface area (Å²) < 4.78 is 0. The third kappa shape index (κ3) is 0.948. The lowest BCUT2D eigenvalue weighted by Gasteiger charge is -2.27. The molecule has 0 aromatic heterocycles. The van der Waals surface area contributed by atoms with Crippen LogP contribution in [0.4, 0.5) is 0 Å². The maximum Gasteiger partial charge on any atom is 0.0613 e. The molecular weight excluding hydrogens is 124 g/mol. The average molecular weight is 135 g/mol. The van der Waals surface area contributed by atoms with Crippen molar-refractivity contribution in [3.63, 3.8) is 0 Å². The molecule has 2 rings (SSSR count). The zero-order chi connectivity index (χ0) is 6.81. The van der Waals surface area contributed by atoms with Gasteiger partial charge in [0.1, 0.15) is 0 Å². The topological polar surface area (TPSA) is 26.1 Å². The molecule has 1 saturated heterocycles. The number of hydrogen-bond donors (Lipinski definition) is 1. The molecule has 2 heterocycles. The van der Waals surface area contributed by atoms with Gasteiger partial charge in [-0.05, 0) is 24.3 Å². The molecule has 2 aliphatic rings. The Bertz CT molecular complexity index is 182. The number of dihydropyridines is 1. The quantitative estimate of drug-likeness (QED) is 0.511. The first-order valence-corrected chi connectivity index (χ1v) is 3.72. The molecule has 1 N–H and O–H groups in total. The fourth-order valence-corrected chi connectivity index (χ4v) is 1.42. The molecule has 1 unspecified atom stereocenters. The van der Waals surface area contributed by atoms with E-state index in [0.29, 0.717) is 6.04 Å². The second kappa shape index (κ2) is 2.46. The van der Waals surface area contributed by atoms with E-state index in [4.69, 9.17) is 0 Å². The molecule has 1 fully saturated rings. The molecular formula is C8H11N2. The van der Waals surface area contributed by atoms with Crippen LogP contribution in [0.3, 0.4) is 0 Å². The van der Waals surface area contributed by atoms with E-state index in [1.807, 2.05) is 6.20 Å². The minimum Gasteiger partial charge on any atom is -0.383 e. The summed E-state index contributed by atoms with van der Waals surface area (Å²) in [5.41, 5.74) is 1.51. The van der Waals surface area contributed by atoms with E-state index in [-0.39, 0.29) is 0 Å². The van der Waals surface area contributed by atoms with Gasteiger partial charge in [-0.25, -0.2) is 5.32 Å². The zero-order valence-corrected chi connectivity index (χ0v) is 5.88. The highest BCUT2D eigenvalue weighted by Gasteiger charge is 2.18. The van der Waals surface area contributed by atoms with Gasteiger partial charge >= 0.3 is 0 Å². The van der Waals surface area contributed by atoms with Crippen molar-refractivity contribution in [3.05, 3.63) is 23.9 Å². The molecule has 1 atom stereocenters. The maximum absolute atomic E-state index is 4.32. The Morgan fingerprint density at radius 1 is 1.60 bits per heavy atom. The van der Waals surface area contributed by atoms with Crippen LogP contribution in [0, 0.1) is 0 Å². The van der Waals surface area contributed by atoms with E-state index in [1.54, 1.807) is 0 Å². The first-order chi connectivity index (χ1) is 4.97. The molecule has 0 aliphatic carbocycles. The van der Waals surface area contributed by atoms with Crippen LogP contribution in [-0.2, 0) is 0 Å². The molecule has 2 nitrogen and oxygen atoms in total. The number of fused-ring (bicyclic) bond motifs is 1. The van der Waals surface area contributed by atoms with E-state index in [1.165, 1.54) is 5.57 Å². The summed E-state index contributed by atoms with van der Waals surface area (Å²) in [7, 11) is 0. The van der Waals surface area contributed by atoms with Crippen molar-refractivity contribution in [2.75, 3.05) is 13.1 Å². The van der Waals surface area contributed by atoms with E-state index in [0.717, 1.165) is 19.5 Å². The van der Waals surface area contributed by atoms with Gasteiger partial charge in [-0.2, -0.15) is 0 Å². The Morgan fingerprint density at radius 2 is 2.60 bits per heavy atom. The molecule has 53 valence electrons. The lowest BCUT2D eigenvalue weighted by molar-refractivity contribution is 0.498. The van der Waals surface area contributed by atoms with Crippen LogP contribution in [0.25, 0.3) is 0 Å². The summed E-state index contributed by atoms with van der Waals surface area (Å²) in [5.74, 6) is 0. The van der Waals surface area contributed by atoms with Crippen LogP contribution in [-0.4, -0.2) is 19.1 Å². The smallest absolute Gasteiger partial charge is 0.0613 e. The monoisotopic (exact) mass is 135 g/mol. The third-order valence-corrected chi connectivity index (χ3v) is 2.02. The second-order valence-electron chi connectivity index (χ2n) is 2.70. The van der Waals surface area contributed by atoms with Crippen LogP contribution < -0.4 is 10.6 Å². The van der Waals surface area contributed by atoms with Crippen molar-refractivity contribution >= 4 is 0 Å². The molecule has 0 bridgehead atoms. The van der Waals surface area contributed by atoms with Crippen LogP contribution in [0.15, 0.2) is 23.9 Å². The van der Waals surface area contributed by atoms with Gasteiger partial charge in [-0.1, -0.05) is 6.08 Å². The van der Waals surface area contributed by atoms with Gasteiger partial charge < -0.3 is 5.32 Å². The molecule has 2 heteroatoms. The fraction of sp³-hybridized carbons (Fsp3) is 0.500. The lowest BCUT2D eigenvalue weighted by Crippen LogP contribution is -2.40. The van der Waals surface area contributed by atoms with Crippen LogP contribution in [0.1, 0.15) is 6.42 Å². The molecule has 0 aromatic rings. The van der Waals surface area contributed by atoms with Crippen molar-refractivity contribution in [2.45, 2.75) is 12.5 Å². The van der Waals surface area contributed by atoms with Crippen molar-refractivity contribution < 1.29 is 0 Å². The van der Waals surface area contributed by atoms with Gasteiger partial charge in [0.05, 0.1) is 6.04 Å². The Morgan fingerprint density at radius 3 is 3.50 bits per heavy atom. The molecule has 1 radical (unpaired) electrons. The Kier molecular flexibility index (Phi) is 1.47. The number of piperidine rings is 1. The van der Waals surface area contributed by atoms with E-state index in [2.05, 4.69) is 22.8 Å². The summed E-state index contributed by atoms with van der Waals surface area (Å²) >= 11 is 0. The first-order valence-electron chi connectivity index (χ1n) is 3.72. The number of nitrogens with zero attached hydrogens (tertiary/aromatic N) is 1. The second-order valence-corrected chi connectivity index (χ2v) is 2.70. The Hall–Kier alpha value is -0.760. The standard InChI is InChI=1S/C8H11N2/c1-2-7-3-5-9-6-8(7)10-4-1/h1-2,4,8,10H,3,5-6H2. The van der Waals surface area contributed by atoms with E-state index >= 15 is 0 Å². The number of rotatable bonds is 0. The molecule has 0 aromatic carbocycles. The predicted octanol–water partition coefficient (Wildman–Crippen LogP) is 0.406. The summed E-state index contributed by atoms with van der Waals surface area (Å²) in [4.78, 5) is 0. The number of allylic oxidation sites excluding steroid dienone is 2. The molecule has 0 spiro atoms. The normalized spacial score (nSPS) is 30.4. The Balaban J connectivity index is 2.14. The zero-order valence-electron chi connectivity index (χ0n) is 5.88. The summed E-state index contributed by atoms with van der Waals surface area (Å²) in [6.45, 7) is 1.97.